The van der Waals surface area contributed by atoms with Crippen LogP contribution in [0, 0.1) is 11.6 Å². The highest BCUT2D eigenvalue weighted by atomic mass is 19.1. The fraction of sp³-hybridized carbons (Fsp3) is 0.556. The van der Waals surface area contributed by atoms with Crippen LogP contribution in [-0.2, 0) is 36.6 Å². The van der Waals surface area contributed by atoms with Crippen molar-refractivity contribution in [3.05, 3.63) is 71.3 Å². The lowest BCUT2D eigenvalue weighted by atomic mass is 9.96. The molecule has 0 saturated heterocycles. The third kappa shape index (κ3) is 16.7. The Morgan fingerprint density at radius 3 is 2.02 bits per heavy atom. The summed E-state index contributed by atoms with van der Waals surface area (Å²) in [6.07, 6.45) is -0.388. The highest BCUT2D eigenvalue weighted by molar-refractivity contribution is 5.86. The van der Waals surface area contributed by atoms with E-state index >= 15 is 0 Å². The van der Waals surface area contributed by atoms with Crippen LogP contribution in [0.5, 0.6) is 0 Å². The maximum Gasteiger partial charge on any atom is 0.408 e. The van der Waals surface area contributed by atoms with Crippen molar-refractivity contribution in [3.63, 3.8) is 0 Å². The van der Waals surface area contributed by atoms with Crippen LogP contribution < -0.4 is 16.0 Å². The van der Waals surface area contributed by atoms with Crippen molar-refractivity contribution in [2.45, 2.75) is 116 Å². The van der Waals surface area contributed by atoms with E-state index in [0.717, 1.165) is 23.8 Å². The molecule has 0 heterocycles. The first-order valence-corrected chi connectivity index (χ1v) is 16.3. The van der Waals surface area contributed by atoms with Gasteiger partial charge in [-0.3, -0.25) is 9.59 Å². The van der Waals surface area contributed by atoms with Crippen molar-refractivity contribution < 1.29 is 42.2 Å². The lowest BCUT2D eigenvalue weighted by Gasteiger charge is -2.28. The topological polar surface area (TPSA) is 132 Å². The minimum absolute atomic E-state index is 0.0450. The number of nitrogens with one attached hydrogen (secondary N) is 3. The summed E-state index contributed by atoms with van der Waals surface area (Å²) in [4.78, 5) is 50.5. The predicted molar refractivity (Wildman–Crippen MR) is 178 cm³/mol. The molecule has 1 unspecified atom stereocenters. The van der Waals surface area contributed by atoms with Gasteiger partial charge in [-0.1, -0.05) is 36.8 Å². The number of carbonyl (C=O) groups excluding carboxylic acids is 4. The maximum atomic E-state index is 14.3. The molecule has 266 valence electrons. The second-order valence-electron chi connectivity index (χ2n) is 13.7. The molecule has 0 aliphatic rings. The minimum atomic E-state index is -1.21. The van der Waals surface area contributed by atoms with E-state index in [2.05, 4.69) is 16.0 Å². The van der Waals surface area contributed by atoms with E-state index in [9.17, 15) is 28.0 Å². The molecular weight excluding hydrogens is 624 g/mol. The number of carbonyl (C=O) groups is 4. The average molecular weight is 676 g/mol. The lowest BCUT2D eigenvalue weighted by Crippen LogP contribution is -2.51. The maximum absolute atomic E-state index is 14.3. The quantitative estimate of drug-likeness (QED) is 0.103. The number of amides is 2. The Bertz CT molecular complexity index is 1340. The summed E-state index contributed by atoms with van der Waals surface area (Å²) < 4.78 is 44.3. The Hall–Kier alpha value is -4.06. The Morgan fingerprint density at radius 2 is 1.42 bits per heavy atom. The second kappa shape index (κ2) is 19.1. The minimum Gasteiger partial charge on any atom is -0.452 e. The molecule has 2 aromatic carbocycles. The van der Waals surface area contributed by atoms with Crippen molar-refractivity contribution in [1.29, 1.82) is 0 Å². The largest absolute Gasteiger partial charge is 0.452 e. The molecule has 0 aliphatic carbocycles. The lowest BCUT2D eigenvalue weighted by molar-refractivity contribution is -0.155. The van der Waals surface area contributed by atoms with Gasteiger partial charge in [0.25, 0.3) is 0 Å². The number of ether oxygens (including phenoxy) is 3. The van der Waals surface area contributed by atoms with Gasteiger partial charge in [-0.25, -0.2) is 18.4 Å². The SMILES string of the molecule is CC(=O)O[C@H](C(=O)CCCCCNCC(Cc1cc(F)ccc1F)NC(=O)OC(C)(C)C)[C@@H](Cc1ccccc1)NC(=O)OC(C)(C)C. The van der Waals surface area contributed by atoms with E-state index in [1.165, 1.54) is 6.92 Å². The molecule has 2 aromatic rings. The number of hydrogen-bond acceptors (Lipinski definition) is 8. The molecule has 3 N–H and O–H groups in total. The molecule has 0 saturated carbocycles. The number of Topliss-reactive ketones (excluding diaryl/α,β-unsaturated/α-hetero) is 1. The number of halogens is 2. The Morgan fingerprint density at radius 1 is 0.792 bits per heavy atom. The summed E-state index contributed by atoms with van der Waals surface area (Å²) in [5.74, 6) is -2.12. The van der Waals surface area contributed by atoms with Crippen LogP contribution in [0.3, 0.4) is 0 Å². The van der Waals surface area contributed by atoms with Crippen molar-refractivity contribution >= 4 is 23.9 Å². The van der Waals surface area contributed by atoms with Gasteiger partial charge in [-0.05, 0) is 103 Å². The van der Waals surface area contributed by atoms with Gasteiger partial charge < -0.3 is 30.2 Å². The van der Waals surface area contributed by atoms with Gasteiger partial charge in [-0.15, -0.1) is 0 Å². The average Bonchev–Trinajstić information content (AvgIpc) is 2.95. The highest BCUT2D eigenvalue weighted by Gasteiger charge is 2.33. The summed E-state index contributed by atoms with van der Waals surface area (Å²) in [5.41, 5.74) is -0.525. The summed E-state index contributed by atoms with van der Waals surface area (Å²) in [6.45, 7) is 12.4. The zero-order valence-electron chi connectivity index (χ0n) is 29.1. The zero-order valence-corrected chi connectivity index (χ0v) is 29.1. The number of alkyl carbamates (subject to hydrolysis) is 2. The summed E-state index contributed by atoms with van der Waals surface area (Å²) in [5, 5.41) is 8.69. The van der Waals surface area contributed by atoms with Crippen LogP contribution >= 0.6 is 0 Å². The molecule has 0 fully saturated rings. The van der Waals surface area contributed by atoms with Crippen molar-refractivity contribution in [1.82, 2.24) is 16.0 Å². The first-order chi connectivity index (χ1) is 22.4. The molecule has 2 rings (SSSR count). The number of benzene rings is 2. The van der Waals surface area contributed by atoms with E-state index in [1.807, 2.05) is 30.3 Å². The normalized spacial score (nSPS) is 13.5. The van der Waals surface area contributed by atoms with Gasteiger partial charge in [0.05, 0.1) is 6.04 Å². The van der Waals surface area contributed by atoms with Crippen LogP contribution in [0.1, 0.15) is 85.3 Å². The summed E-state index contributed by atoms with van der Waals surface area (Å²) >= 11 is 0. The third-order valence-corrected chi connectivity index (χ3v) is 6.84. The van der Waals surface area contributed by atoms with E-state index < -0.39 is 59.2 Å². The van der Waals surface area contributed by atoms with Crippen LogP contribution in [0.25, 0.3) is 0 Å². The van der Waals surface area contributed by atoms with Gasteiger partial charge in [0.15, 0.2) is 11.9 Å². The number of unbranched alkanes of at least 4 members (excludes halogenated alkanes) is 2. The van der Waals surface area contributed by atoms with E-state index in [0.29, 0.717) is 25.8 Å². The van der Waals surface area contributed by atoms with Gasteiger partial charge >= 0.3 is 18.2 Å². The number of ketones is 1. The number of esters is 1. The molecule has 2 amide bonds. The fourth-order valence-corrected chi connectivity index (χ4v) is 4.87. The molecule has 10 nitrogen and oxygen atoms in total. The van der Waals surface area contributed by atoms with Crippen molar-refractivity contribution in [3.8, 4) is 0 Å². The molecule has 0 spiro atoms. The Labute approximate surface area is 282 Å². The van der Waals surface area contributed by atoms with Gasteiger partial charge in [-0.2, -0.15) is 0 Å². The van der Waals surface area contributed by atoms with E-state index in [1.54, 1.807) is 41.5 Å². The zero-order chi connectivity index (χ0) is 35.9. The van der Waals surface area contributed by atoms with Crippen LogP contribution in [0.4, 0.5) is 18.4 Å². The number of rotatable bonds is 17. The first-order valence-electron chi connectivity index (χ1n) is 16.3. The van der Waals surface area contributed by atoms with Crippen molar-refractivity contribution in [2.24, 2.45) is 0 Å². The molecular formula is C36H51F2N3O7. The van der Waals surface area contributed by atoms with Gasteiger partial charge in [0, 0.05) is 25.9 Å². The molecule has 0 radical (unpaired) electrons. The molecule has 0 bridgehead atoms. The van der Waals surface area contributed by atoms with Crippen LogP contribution in [0.15, 0.2) is 48.5 Å². The van der Waals surface area contributed by atoms with Crippen molar-refractivity contribution in [2.75, 3.05) is 13.1 Å². The van der Waals surface area contributed by atoms with Gasteiger partial charge in [0.2, 0.25) is 0 Å². The third-order valence-electron chi connectivity index (χ3n) is 6.84. The monoisotopic (exact) mass is 675 g/mol. The second-order valence-corrected chi connectivity index (χ2v) is 13.7. The molecule has 48 heavy (non-hydrogen) atoms. The number of hydrogen-bond donors (Lipinski definition) is 3. The highest BCUT2D eigenvalue weighted by Crippen LogP contribution is 2.16. The summed E-state index contributed by atoms with van der Waals surface area (Å²) in [6, 6.07) is 11.0. The molecule has 0 aromatic heterocycles. The van der Waals surface area contributed by atoms with Crippen LogP contribution in [0.2, 0.25) is 0 Å². The Kier molecular flexibility index (Phi) is 15.9. The standard InChI is InChI=1S/C36H51F2N3O7/c1-24(42)46-32(30(20-25-14-10-8-11-15-25)41-34(45)48-36(5,6)7)31(43)16-12-9-13-19-39-23-28(40-33(44)47-35(2,3)4)22-26-21-27(37)17-18-29(26)38/h8,10-11,14-15,17-18,21,28,30,32,39H,9,12-13,16,19-20,22-23H2,1-7H3,(H,40,44)(H,41,45)/t28?,30-,32+/m1/s1. The van der Waals surface area contributed by atoms with Crippen LogP contribution in [-0.4, -0.2) is 66.4 Å². The summed E-state index contributed by atoms with van der Waals surface area (Å²) in [7, 11) is 0. The fourth-order valence-electron chi connectivity index (χ4n) is 4.87. The molecule has 0 aliphatic heterocycles. The molecule has 3 atom stereocenters. The van der Waals surface area contributed by atoms with E-state index in [4.69, 9.17) is 14.2 Å². The predicted octanol–water partition coefficient (Wildman–Crippen LogP) is 6.19. The molecule has 12 heteroatoms. The first kappa shape index (κ1) is 40.1. The Balaban J connectivity index is 1.97. The van der Waals surface area contributed by atoms with Gasteiger partial charge in [0.1, 0.15) is 22.8 Å². The smallest absolute Gasteiger partial charge is 0.408 e. The van der Waals surface area contributed by atoms with E-state index in [-0.39, 0.29) is 37.2 Å².